The maximum Gasteiger partial charge on any atom is 0.331 e. The smallest absolute Gasteiger partial charge is 0.331 e. The number of aromatic nitrogens is 2. The summed E-state index contributed by atoms with van der Waals surface area (Å²) in [5.41, 5.74) is 1.18. The van der Waals surface area contributed by atoms with E-state index >= 15 is 0 Å². The predicted molar refractivity (Wildman–Crippen MR) is 101 cm³/mol. The number of hydrogen-bond acceptors (Lipinski definition) is 5. The zero-order valence-corrected chi connectivity index (χ0v) is 14.9. The number of aromatic hydroxyl groups is 1. The first kappa shape index (κ1) is 18.6. The number of benzene rings is 1. The number of hydrazone groups is 1. The zero-order valence-electron chi connectivity index (χ0n) is 14.9. The van der Waals surface area contributed by atoms with E-state index in [-0.39, 0.29) is 11.6 Å². The molecule has 1 saturated carbocycles. The Balaban J connectivity index is 1.85. The van der Waals surface area contributed by atoms with Gasteiger partial charge in [-0.1, -0.05) is 43.9 Å². The third-order valence-electron chi connectivity index (χ3n) is 4.74. The number of nitrogens with one attached hydrogen (secondary N) is 2. The van der Waals surface area contributed by atoms with E-state index in [0.717, 1.165) is 44.7 Å². The normalized spacial score (nSPS) is 15.6. The molecule has 27 heavy (non-hydrogen) atoms. The molecule has 0 bridgehead atoms. The number of aromatic amines is 1. The van der Waals surface area contributed by atoms with E-state index in [1.165, 1.54) is 4.57 Å². The second kappa shape index (κ2) is 8.48. The molecule has 3 rings (SSSR count). The van der Waals surface area contributed by atoms with Gasteiger partial charge in [-0.3, -0.25) is 19.1 Å². The summed E-state index contributed by atoms with van der Waals surface area (Å²) < 4.78 is 1.23. The summed E-state index contributed by atoms with van der Waals surface area (Å²) in [6.07, 6.45) is 6.70. The van der Waals surface area contributed by atoms with Crippen LogP contribution in [0.3, 0.4) is 0 Å². The molecule has 8 heteroatoms. The summed E-state index contributed by atoms with van der Waals surface area (Å²) in [4.78, 5) is 38.5. The molecule has 142 valence electrons. The van der Waals surface area contributed by atoms with Crippen LogP contribution in [0.2, 0.25) is 0 Å². The first-order chi connectivity index (χ1) is 13.1. The molecule has 0 saturated heterocycles. The lowest BCUT2D eigenvalue weighted by molar-refractivity contribution is 0.0955. The van der Waals surface area contributed by atoms with E-state index in [2.05, 4.69) is 15.5 Å². The second-order valence-corrected chi connectivity index (χ2v) is 6.58. The van der Waals surface area contributed by atoms with Crippen molar-refractivity contribution in [2.45, 2.75) is 44.6 Å². The van der Waals surface area contributed by atoms with Gasteiger partial charge < -0.3 is 5.11 Å². The SMILES string of the molecule is O=C(NN=Cc1c(O)n(C2CCCCCC2)c(=O)[nH]c1=O)c1ccccc1. The molecule has 1 aliphatic rings. The van der Waals surface area contributed by atoms with Crippen molar-refractivity contribution in [1.82, 2.24) is 15.0 Å². The van der Waals surface area contributed by atoms with Crippen LogP contribution >= 0.6 is 0 Å². The van der Waals surface area contributed by atoms with Crippen molar-refractivity contribution in [2.24, 2.45) is 5.10 Å². The summed E-state index contributed by atoms with van der Waals surface area (Å²) in [5.74, 6) is -0.867. The van der Waals surface area contributed by atoms with Crippen LogP contribution in [-0.2, 0) is 0 Å². The molecular weight excluding hydrogens is 348 g/mol. The summed E-state index contributed by atoms with van der Waals surface area (Å²) in [5, 5.41) is 14.3. The standard InChI is InChI=1S/C19H22N4O4/c24-16(13-8-4-3-5-9-13)22-20-12-15-17(25)21-19(27)23(18(15)26)14-10-6-1-2-7-11-14/h3-5,8-9,12,14,26H,1-2,6-7,10-11H2,(H,22,24)(H,21,25,27). The molecule has 0 aliphatic heterocycles. The lowest BCUT2D eigenvalue weighted by Gasteiger charge is -2.19. The number of carbonyl (C=O) groups excluding carboxylic acids is 1. The molecule has 1 aromatic carbocycles. The number of hydrogen-bond donors (Lipinski definition) is 3. The molecule has 1 heterocycles. The van der Waals surface area contributed by atoms with Crippen LogP contribution in [0.5, 0.6) is 5.88 Å². The van der Waals surface area contributed by atoms with Gasteiger partial charge in [-0.2, -0.15) is 5.10 Å². The highest BCUT2D eigenvalue weighted by Gasteiger charge is 2.21. The molecule has 1 aromatic heterocycles. The van der Waals surface area contributed by atoms with Gasteiger partial charge in [0, 0.05) is 11.6 Å². The lowest BCUT2D eigenvalue weighted by Crippen LogP contribution is -2.34. The van der Waals surface area contributed by atoms with Crippen LogP contribution < -0.4 is 16.7 Å². The highest BCUT2D eigenvalue weighted by Crippen LogP contribution is 2.28. The lowest BCUT2D eigenvalue weighted by atomic mass is 10.1. The van der Waals surface area contributed by atoms with Gasteiger partial charge >= 0.3 is 5.69 Å². The van der Waals surface area contributed by atoms with Crippen molar-refractivity contribution in [2.75, 3.05) is 0 Å². The van der Waals surface area contributed by atoms with E-state index in [4.69, 9.17) is 0 Å². The molecule has 0 radical (unpaired) electrons. The minimum absolute atomic E-state index is 0.160. The molecule has 1 amide bonds. The second-order valence-electron chi connectivity index (χ2n) is 6.58. The average molecular weight is 370 g/mol. The van der Waals surface area contributed by atoms with Crippen molar-refractivity contribution in [3.8, 4) is 5.88 Å². The molecule has 2 aromatic rings. The van der Waals surface area contributed by atoms with Crippen molar-refractivity contribution in [1.29, 1.82) is 0 Å². The van der Waals surface area contributed by atoms with Crippen LogP contribution in [0.15, 0.2) is 45.0 Å². The van der Waals surface area contributed by atoms with Crippen molar-refractivity contribution >= 4 is 12.1 Å². The summed E-state index contributed by atoms with van der Waals surface area (Å²) in [7, 11) is 0. The quantitative estimate of drug-likeness (QED) is 0.433. The van der Waals surface area contributed by atoms with Crippen LogP contribution in [0.25, 0.3) is 0 Å². The van der Waals surface area contributed by atoms with Gasteiger partial charge in [0.25, 0.3) is 11.5 Å². The Morgan fingerprint density at radius 2 is 1.81 bits per heavy atom. The topological polar surface area (TPSA) is 117 Å². The maximum absolute atomic E-state index is 12.2. The molecule has 0 spiro atoms. The van der Waals surface area contributed by atoms with E-state index in [9.17, 15) is 19.5 Å². The minimum atomic E-state index is -0.750. The van der Waals surface area contributed by atoms with Gasteiger partial charge in [-0.05, 0) is 25.0 Å². The zero-order chi connectivity index (χ0) is 19.2. The molecule has 3 N–H and O–H groups in total. The maximum atomic E-state index is 12.2. The third kappa shape index (κ3) is 4.33. The van der Waals surface area contributed by atoms with Crippen LogP contribution in [0.1, 0.15) is 60.5 Å². The van der Waals surface area contributed by atoms with Gasteiger partial charge in [0.2, 0.25) is 5.88 Å². The number of rotatable bonds is 4. The van der Waals surface area contributed by atoms with E-state index < -0.39 is 23.0 Å². The number of carbonyl (C=O) groups is 1. The highest BCUT2D eigenvalue weighted by atomic mass is 16.3. The van der Waals surface area contributed by atoms with Crippen LogP contribution in [0, 0.1) is 0 Å². The average Bonchev–Trinajstić information content (AvgIpc) is 2.94. The molecular formula is C19H22N4O4. The fraction of sp³-hybridized carbons (Fsp3) is 0.368. The van der Waals surface area contributed by atoms with E-state index in [1.807, 2.05) is 0 Å². The summed E-state index contributed by atoms with van der Waals surface area (Å²) >= 11 is 0. The Hall–Kier alpha value is -3.16. The Morgan fingerprint density at radius 1 is 1.15 bits per heavy atom. The largest absolute Gasteiger partial charge is 0.494 e. The molecule has 0 atom stereocenters. The molecule has 1 fully saturated rings. The van der Waals surface area contributed by atoms with Crippen molar-refractivity contribution < 1.29 is 9.90 Å². The number of nitrogens with zero attached hydrogens (tertiary/aromatic N) is 2. The molecule has 0 unspecified atom stereocenters. The minimum Gasteiger partial charge on any atom is -0.494 e. The van der Waals surface area contributed by atoms with Gasteiger partial charge in [0.15, 0.2) is 0 Å². The first-order valence-corrected chi connectivity index (χ1v) is 9.04. The third-order valence-corrected chi connectivity index (χ3v) is 4.74. The van der Waals surface area contributed by atoms with E-state index in [1.54, 1.807) is 30.3 Å². The Labute approximate surface area is 155 Å². The Kier molecular flexibility index (Phi) is 5.85. The monoisotopic (exact) mass is 370 g/mol. The molecule has 1 aliphatic carbocycles. The van der Waals surface area contributed by atoms with Crippen molar-refractivity contribution in [3.05, 3.63) is 62.3 Å². The van der Waals surface area contributed by atoms with Crippen molar-refractivity contribution in [3.63, 3.8) is 0 Å². The number of H-pyrrole nitrogens is 1. The molecule has 8 nitrogen and oxygen atoms in total. The van der Waals surface area contributed by atoms with Gasteiger partial charge in [-0.25, -0.2) is 10.2 Å². The van der Waals surface area contributed by atoms with Crippen LogP contribution in [-0.4, -0.2) is 26.8 Å². The van der Waals surface area contributed by atoms with E-state index in [0.29, 0.717) is 5.56 Å². The summed E-state index contributed by atoms with van der Waals surface area (Å²) in [6, 6.07) is 8.31. The fourth-order valence-corrected chi connectivity index (χ4v) is 3.33. The Morgan fingerprint density at radius 3 is 2.48 bits per heavy atom. The Bertz CT molecular complexity index is 938. The number of amides is 1. The summed E-state index contributed by atoms with van der Waals surface area (Å²) in [6.45, 7) is 0. The van der Waals surface area contributed by atoms with Gasteiger partial charge in [0.05, 0.1) is 6.21 Å². The predicted octanol–water partition coefficient (Wildman–Crippen LogP) is 1.90. The van der Waals surface area contributed by atoms with Gasteiger partial charge in [-0.15, -0.1) is 0 Å². The van der Waals surface area contributed by atoms with Gasteiger partial charge in [0.1, 0.15) is 5.56 Å². The van der Waals surface area contributed by atoms with Crippen LogP contribution in [0.4, 0.5) is 0 Å². The fourth-order valence-electron chi connectivity index (χ4n) is 3.33. The first-order valence-electron chi connectivity index (χ1n) is 9.04. The highest BCUT2D eigenvalue weighted by molar-refractivity contribution is 5.94.